The molecule has 106 valence electrons. The molecular formula is C15H18FN3S. The monoisotopic (exact) mass is 291 g/mol. The highest BCUT2D eigenvalue weighted by Crippen LogP contribution is 2.25. The van der Waals surface area contributed by atoms with Crippen molar-refractivity contribution in [1.82, 2.24) is 4.90 Å². The number of hydrogen-bond donors (Lipinski definition) is 2. The molecule has 0 saturated heterocycles. The van der Waals surface area contributed by atoms with Crippen LogP contribution in [-0.4, -0.2) is 17.8 Å². The van der Waals surface area contributed by atoms with E-state index in [1.807, 2.05) is 13.1 Å². The summed E-state index contributed by atoms with van der Waals surface area (Å²) in [5.41, 5.74) is 6.67. The molecule has 0 saturated carbocycles. The van der Waals surface area contributed by atoms with E-state index in [0.717, 1.165) is 5.56 Å². The number of nitrogen functional groups attached to an aromatic ring is 1. The van der Waals surface area contributed by atoms with Crippen LogP contribution in [0.5, 0.6) is 0 Å². The molecule has 3 nitrogen and oxygen atoms in total. The SMILES string of the molecule is CC(c1cccs1)N(C)Cc1cc(F)cc(C(=N)N)c1. The van der Waals surface area contributed by atoms with E-state index in [1.165, 1.54) is 17.0 Å². The molecule has 5 heteroatoms. The zero-order chi connectivity index (χ0) is 14.7. The standard InChI is InChI=1S/C15H18FN3S/c1-10(14-4-3-5-20-14)19(2)9-11-6-12(15(17)18)8-13(16)7-11/h3-8,10H,9H2,1-2H3,(H3,17,18). The third-order valence-electron chi connectivity index (χ3n) is 3.32. The van der Waals surface area contributed by atoms with Crippen molar-refractivity contribution in [2.45, 2.75) is 19.5 Å². The van der Waals surface area contributed by atoms with Crippen LogP contribution in [0.2, 0.25) is 0 Å². The van der Waals surface area contributed by atoms with Crippen molar-refractivity contribution in [1.29, 1.82) is 5.41 Å². The molecule has 3 N–H and O–H groups in total. The van der Waals surface area contributed by atoms with Gasteiger partial charge in [0.1, 0.15) is 11.7 Å². The van der Waals surface area contributed by atoms with Gasteiger partial charge in [0.2, 0.25) is 0 Å². The van der Waals surface area contributed by atoms with E-state index in [9.17, 15) is 4.39 Å². The van der Waals surface area contributed by atoms with Gasteiger partial charge in [0, 0.05) is 23.0 Å². The summed E-state index contributed by atoms with van der Waals surface area (Å²) in [5, 5.41) is 9.46. The smallest absolute Gasteiger partial charge is 0.124 e. The number of nitrogens with zero attached hydrogens (tertiary/aromatic N) is 1. The van der Waals surface area contributed by atoms with Gasteiger partial charge in [-0.15, -0.1) is 11.3 Å². The van der Waals surface area contributed by atoms with E-state index in [4.69, 9.17) is 11.1 Å². The minimum absolute atomic E-state index is 0.111. The van der Waals surface area contributed by atoms with E-state index in [2.05, 4.69) is 23.3 Å². The van der Waals surface area contributed by atoms with Crippen LogP contribution in [0.4, 0.5) is 4.39 Å². The molecule has 0 amide bonds. The maximum absolute atomic E-state index is 13.5. The minimum Gasteiger partial charge on any atom is -0.384 e. The van der Waals surface area contributed by atoms with Crippen molar-refractivity contribution in [3.05, 3.63) is 57.5 Å². The van der Waals surface area contributed by atoms with Gasteiger partial charge >= 0.3 is 0 Å². The lowest BCUT2D eigenvalue weighted by molar-refractivity contribution is 0.256. The zero-order valence-electron chi connectivity index (χ0n) is 11.6. The Labute approximate surface area is 122 Å². The number of rotatable bonds is 5. The Morgan fingerprint density at radius 1 is 1.45 bits per heavy atom. The molecule has 0 bridgehead atoms. The quantitative estimate of drug-likeness (QED) is 0.655. The molecule has 1 unspecified atom stereocenters. The summed E-state index contributed by atoms with van der Waals surface area (Å²) in [7, 11) is 2.00. The van der Waals surface area contributed by atoms with Crippen LogP contribution >= 0.6 is 11.3 Å². The summed E-state index contributed by atoms with van der Waals surface area (Å²) in [5.74, 6) is -0.468. The molecule has 0 aliphatic heterocycles. The molecule has 0 radical (unpaired) electrons. The predicted molar refractivity (Wildman–Crippen MR) is 81.6 cm³/mol. The van der Waals surface area contributed by atoms with Crippen LogP contribution in [0.15, 0.2) is 35.7 Å². The largest absolute Gasteiger partial charge is 0.384 e. The minimum atomic E-state index is -0.357. The fourth-order valence-electron chi connectivity index (χ4n) is 2.07. The Morgan fingerprint density at radius 2 is 2.20 bits per heavy atom. The van der Waals surface area contributed by atoms with Gasteiger partial charge in [-0.2, -0.15) is 0 Å². The normalized spacial score (nSPS) is 12.6. The van der Waals surface area contributed by atoms with Gasteiger partial charge in [-0.05, 0) is 49.2 Å². The highest BCUT2D eigenvalue weighted by molar-refractivity contribution is 7.10. The third kappa shape index (κ3) is 3.43. The fraction of sp³-hybridized carbons (Fsp3) is 0.267. The van der Waals surface area contributed by atoms with Crippen LogP contribution in [0.3, 0.4) is 0 Å². The van der Waals surface area contributed by atoms with E-state index in [-0.39, 0.29) is 17.7 Å². The first-order valence-electron chi connectivity index (χ1n) is 6.35. The third-order valence-corrected chi connectivity index (χ3v) is 4.36. The Kier molecular flexibility index (Phi) is 4.52. The maximum atomic E-state index is 13.5. The zero-order valence-corrected chi connectivity index (χ0v) is 12.4. The summed E-state index contributed by atoms with van der Waals surface area (Å²) in [4.78, 5) is 3.42. The van der Waals surface area contributed by atoms with Crippen molar-refractivity contribution in [3.8, 4) is 0 Å². The lowest BCUT2D eigenvalue weighted by atomic mass is 10.1. The summed E-state index contributed by atoms with van der Waals surface area (Å²) >= 11 is 1.71. The first-order valence-corrected chi connectivity index (χ1v) is 7.23. The predicted octanol–water partition coefficient (Wildman–Crippen LogP) is 3.36. The van der Waals surface area contributed by atoms with Crippen LogP contribution < -0.4 is 5.73 Å². The fourth-order valence-corrected chi connectivity index (χ4v) is 2.92. The van der Waals surface area contributed by atoms with Crippen molar-refractivity contribution in [2.75, 3.05) is 7.05 Å². The molecule has 0 fully saturated rings. The van der Waals surface area contributed by atoms with Gasteiger partial charge in [-0.25, -0.2) is 4.39 Å². The van der Waals surface area contributed by atoms with Crippen LogP contribution in [0.1, 0.15) is 29.0 Å². The van der Waals surface area contributed by atoms with Crippen LogP contribution in [-0.2, 0) is 6.54 Å². The summed E-state index contributed by atoms with van der Waals surface area (Å²) < 4.78 is 13.5. The maximum Gasteiger partial charge on any atom is 0.124 e. The summed E-state index contributed by atoms with van der Waals surface area (Å²) in [6.45, 7) is 2.73. The average molecular weight is 291 g/mol. The molecule has 1 aromatic heterocycles. The van der Waals surface area contributed by atoms with Gasteiger partial charge in [-0.1, -0.05) is 6.07 Å². The Morgan fingerprint density at radius 3 is 2.80 bits per heavy atom. The first kappa shape index (κ1) is 14.7. The van der Waals surface area contributed by atoms with Gasteiger partial charge < -0.3 is 5.73 Å². The lowest BCUT2D eigenvalue weighted by Crippen LogP contribution is -2.21. The molecule has 2 rings (SSSR count). The molecular weight excluding hydrogens is 273 g/mol. The number of halogens is 1. The number of nitrogens with one attached hydrogen (secondary N) is 1. The first-order chi connectivity index (χ1) is 9.47. The van der Waals surface area contributed by atoms with Gasteiger partial charge in [-0.3, -0.25) is 10.3 Å². The van der Waals surface area contributed by atoms with E-state index in [0.29, 0.717) is 12.1 Å². The number of thiophene rings is 1. The van der Waals surface area contributed by atoms with Gasteiger partial charge in [0.25, 0.3) is 0 Å². The second-order valence-corrected chi connectivity index (χ2v) is 5.85. The molecule has 1 aromatic carbocycles. The molecule has 1 heterocycles. The Bertz CT molecular complexity index is 595. The second-order valence-electron chi connectivity index (χ2n) is 4.87. The van der Waals surface area contributed by atoms with Gasteiger partial charge in [0.05, 0.1) is 0 Å². The van der Waals surface area contributed by atoms with Gasteiger partial charge in [0.15, 0.2) is 0 Å². The lowest BCUT2D eigenvalue weighted by Gasteiger charge is -2.24. The average Bonchev–Trinajstić information content (AvgIpc) is 2.90. The Hall–Kier alpha value is -1.72. The number of amidine groups is 1. The van der Waals surface area contributed by atoms with Crippen molar-refractivity contribution < 1.29 is 4.39 Å². The summed E-state index contributed by atoms with van der Waals surface area (Å²) in [6.07, 6.45) is 0. The van der Waals surface area contributed by atoms with Crippen LogP contribution in [0, 0.1) is 11.2 Å². The molecule has 1 atom stereocenters. The van der Waals surface area contributed by atoms with Crippen LogP contribution in [0.25, 0.3) is 0 Å². The number of nitrogens with two attached hydrogens (primary N) is 1. The van der Waals surface area contributed by atoms with Crippen molar-refractivity contribution in [2.24, 2.45) is 5.73 Å². The van der Waals surface area contributed by atoms with E-state index < -0.39 is 0 Å². The highest BCUT2D eigenvalue weighted by Gasteiger charge is 2.14. The number of hydrogen-bond acceptors (Lipinski definition) is 3. The molecule has 0 aliphatic rings. The summed E-state index contributed by atoms with van der Waals surface area (Å²) in [6, 6.07) is 8.93. The molecule has 2 aromatic rings. The van der Waals surface area contributed by atoms with E-state index >= 15 is 0 Å². The topological polar surface area (TPSA) is 53.1 Å². The molecule has 0 aliphatic carbocycles. The van der Waals surface area contributed by atoms with E-state index in [1.54, 1.807) is 17.4 Å². The molecule has 0 spiro atoms. The Balaban J connectivity index is 2.15. The van der Waals surface area contributed by atoms with Crippen molar-refractivity contribution >= 4 is 17.2 Å². The molecule has 20 heavy (non-hydrogen) atoms. The second kappa shape index (κ2) is 6.15. The highest BCUT2D eigenvalue weighted by atomic mass is 32.1. The van der Waals surface area contributed by atoms with Crippen molar-refractivity contribution in [3.63, 3.8) is 0 Å². The number of benzene rings is 1.